The molecule has 19 heavy (non-hydrogen) atoms. The Hall–Kier alpha value is -0.610. The lowest BCUT2D eigenvalue weighted by Crippen LogP contribution is -2.18. The van der Waals surface area contributed by atoms with Crippen LogP contribution >= 0.6 is 39.1 Å². The molecule has 0 spiro atoms. The lowest BCUT2D eigenvalue weighted by molar-refractivity contribution is 0.615. The fourth-order valence-corrected chi connectivity index (χ4v) is 2.87. The van der Waals surface area contributed by atoms with E-state index in [4.69, 9.17) is 23.2 Å². The average molecular weight is 363 g/mol. The number of hydrogen-bond acceptors (Lipinski definition) is 1. The molecule has 2 rings (SSSR count). The van der Waals surface area contributed by atoms with E-state index in [1.165, 1.54) is 12.1 Å². The van der Waals surface area contributed by atoms with Crippen LogP contribution in [0.25, 0.3) is 0 Å². The summed E-state index contributed by atoms with van der Waals surface area (Å²) >= 11 is 15.5. The highest BCUT2D eigenvalue weighted by Gasteiger charge is 2.17. The molecule has 0 saturated heterocycles. The molecule has 0 aliphatic heterocycles. The molecule has 5 heteroatoms. The van der Waals surface area contributed by atoms with Gasteiger partial charge in [-0.3, -0.25) is 0 Å². The first kappa shape index (κ1) is 14.8. The molecule has 0 aliphatic carbocycles. The van der Waals surface area contributed by atoms with Gasteiger partial charge in [0.05, 0.1) is 6.04 Å². The Labute approximate surface area is 129 Å². The van der Waals surface area contributed by atoms with Crippen molar-refractivity contribution < 1.29 is 4.39 Å². The zero-order valence-corrected chi connectivity index (χ0v) is 13.2. The lowest BCUT2D eigenvalue weighted by Gasteiger charge is -2.19. The second-order valence-electron chi connectivity index (χ2n) is 4.09. The molecule has 100 valence electrons. The van der Waals surface area contributed by atoms with Gasteiger partial charge >= 0.3 is 0 Å². The molecule has 2 aromatic rings. The first-order valence-corrected chi connectivity index (χ1v) is 7.14. The van der Waals surface area contributed by atoms with E-state index in [0.717, 1.165) is 11.1 Å². The van der Waals surface area contributed by atoms with Gasteiger partial charge < -0.3 is 5.32 Å². The smallest absolute Gasteiger partial charge is 0.124 e. The van der Waals surface area contributed by atoms with Crippen molar-refractivity contribution in [3.8, 4) is 0 Å². The van der Waals surface area contributed by atoms with Gasteiger partial charge in [-0.2, -0.15) is 0 Å². The molecule has 1 unspecified atom stereocenters. The molecular formula is C14H11BrCl2FN. The van der Waals surface area contributed by atoms with E-state index >= 15 is 0 Å². The van der Waals surface area contributed by atoms with Crippen LogP contribution in [0.2, 0.25) is 10.0 Å². The van der Waals surface area contributed by atoms with Gasteiger partial charge in [-0.1, -0.05) is 39.1 Å². The van der Waals surface area contributed by atoms with Crippen LogP contribution in [0.4, 0.5) is 4.39 Å². The molecular weight excluding hydrogens is 352 g/mol. The molecule has 2 aromatic carbocycles. The highest BCUT2D eigenvalue weighted by atomic mass is 79.9. The highest BCUT2D eigenvalue weighted by molar-refractivity contribution is 9.10. The van der Waals surface area contributed by atoms with Crippen molar-refractivity contribution in [2.75, 3.05) is 7.05 Å². The van der Waals surface area contributed by atoms with Gasteiger partial charge in [0.15, 0.2) is 0 Å². The Kier molecular flexibility index (Phi) is 4.85. The van der Waals surface area contributed by atoms with Crippen LogP contribution in [0.1, 0.15) is 17.2 Å². The lowest BCUT2D eigenvalue weighted by atomic mass is 9.99. The van der Waals surface area contributed by atoms with Crippen LogP contribution in [0.3, 0.4) is 0 Å². The molecule has 0 heterocycles. The summed E-state index contributed by atoms with van der Waals surface area (Å²) in [5.41, 5.74) is 1.59. The van der Waals surface area contributed by atoms with Gasteiger partial charge in [0.2, 0.25) is 0 Å². The zero-order chi connectivity index (χ0) is 14.0. The van der Waals surface area contributed by atoms with Crippen molar-refractivity contribution in [3.05, 3.63) is 67.9 Å². The Morgan fingerprint density at radius 3 is 2.53 bits per heavy atom. The summed E-state index contributed by atoms with van der Waals surface area (Å²) in [5, 5.41) is 4.31. The Bertz CT molecular complexity index is 584. The van der Waals surface area contributed by atoms with E-state index in [9.17, 15) is 4.39 Å². The molecule has 0 fully saturated rings. The molecule has 0 saturated carbocycles. The fourth-order valence-electron chi connectivity index (χ4n) is 1.98. The molecule has 1 N–H and O–H groups in total. The topological polar surface area (TPSA) is 12.0 Å². The van der Waals surface area contributed by atoms with E-state index < -0.39 is 0 Å². The van der Waals surface area contributed by atoms with Crippen LogP contribution in [-0.4, -0.2) is 7.05 Å². The summed E-state index contributed by atoms with van der Waals surface area (Å²) in [6.45, 7) is 0. The molecule has 0 radical (unpaired) electrons. The third kappa shape index (κ3) is 3.48. The molecule has 0 amide bonds. The highest BCUT2D eigenvalue weighted by Crippen LogP contribution is 2.32. The van der Waals surface area contributed by atoms with Gasteiger partial charge in [-0.15, -0.1) is 0 Å². The maximum absolute atomic E-state index is 13.5. The summed E-state index contributed by atoms with van der Waals surface area (Å²) in [6, 6.07) is 9.75. The quantitative estimate of drug-likeness (QED) is 0.790. The molecule has 0 aromatic heterocycles. The van der Waals surface area contributed by atoms with E-state index in [-0.39, 0.29) is 11.9 Å². The monoisotopic (exact) mass is 361 g/mol. The first-order chi connectivity index (χ1) is 9.01. The van der Waals surface area contributed by atoms with E-state index in [2.05, 4.69) is 21.2 Å². The summed E-state index contributed by atoms with van der Waals surface area (Å²) in [6.07, 6.45) is 0. The first-order valence-electron chi connectivity index (χ1n) is 5.59. The van der Waals surface area contributed by atoms with Crippen LogP contribution in [0, 0.1) is 5.82 Å². The minimum absolute atomic E-state index is 0.224. The number of halogens is 4. The number of nitrogens with one attached hydrogen (secondary N) is 1. The van der Waals surface area contributed by atoms with Crippen molar-refractivity contribution in [2.45, 2.75) is 6.04 Å². The predicted octanol–water partition coefficient (Wildman–Crippen LogP) is 5.20. The van der Waals surface area contributed by atoms with E-state index in [1.807, 2.05) is 6.07 Å². The van der Waals surface area contributed by atoms with Crippen molar-refractivity contribution >= 4 is 39.1 Å². The van der Waals surface area contributed by atoms with Gasteiger partial charge in [0.1, 0.15) is 5.82 Å². The summed E-state index contributed by atoms with van der Waals surface area (Å²) in [5.74, 6) is -0.303. The van der Waals surface area contributed by atoms with Crippen molar-refractivity contribution in [2.24, 2.45) is 0 Å². The van der Waals surface area contributed by atoms with Gasteiger partial charge in [0.25, 0.3) is 0 Å². The van der Waals surface area contributed by atoms with Crippen molar-refractivity contribution in [1.29, 1.82) is 0 Å². The van der Waals surface area contributed by atoms with Crippen LogP contribution in [-0.2, 0) is 0 Å². The second-order valence-corrected chi connectivity index (χ2v) is 5.85. The van der Waals surface area contributed by atoms with E-state index in [1.54, 1.807) is 25.2 Å². The number of rotatable bonds is 3. The molecule has 0 bridgehead atoms. The van der Waals surface area contributed by atoms with Crippen molar-refractivity contribution in [3.63, 3.8) is 0 Å². The summed E-state index contributed by atoms with van der Waals surface area (Å²) in [4.78, 5) is 0. The Morgan fingerprint density at radius 2 is 1.89 bits per heavy atom. The molecule has 0 aliphatic rings. The molecule has 1 nitrogen and oxygen atoms in total. The largest absolute Gasteiger partial charge is 0.309 e. The van der Waals surface area contributed by atoms with Crippen molar-refractivity contribution in [1.82, 2.24) is 5.32 Å². The molecule has 1 atom stereocenters. The average Bonchev–Trinajstić information content (AvgIpc) is 2.33. The normalized spacial score (nSPS) is 12.5. The van der Waals surface area contributed by atoms with Gasteiger partial charge in [-0.25, -0.2) is 4.39 Å². The second kappa shape index (κ2) is 6.23. The van der Waals surface area contributed by atoms with Gasteiger partial charge in [-0.05, 0) is 54.6 Å². The van der Waals surface area contributed by atoms with Crippen LogP contribution < -0.4 is 5.32 Å². The van der Waals surface area contributed by atoms with E-state index in [0.29, 0.717) is 14.5 Å². The number of hydrogen-bond donors (Lipinski definition) is 1. The summed E-state index contributed by atoms with van der Waals surface area (Å²) < 4.78 is 14.2. The fraction of sp³-hybridized carbons (Fsp3) is 0.143. The maximum atomic E-state index is 13.5. The standard InChI is InChI=1S/C14H11BrCl2FN/c1-19-14(8-4-9(15)6-11(18)5-8)12-7-10(16)2-3-13(12)17/h2-7,14,19H,1H3. The van der Waals surface area contributed by atoms with Crippen LogP contribution in [0.15, 0.2) is 40.9 Å². The zero-order valence-electron chi connectivity index (χ0n) is 10.1. The van der Waals surface area contributed by atoms with Crippen LogP contribution in [0.5, 0.6) is 0 Å². The number of benzene rings is 2. The predicted molar refractivity (Wildman–Crippen MR) is 81.5 cm³/mol. The third-order valence-electron chi connectivity index (χ3n) is 2.78. The maximum Gasteiger partial charge on any atom is 0.124 e. The van der Waals surface area contributed by atoms with Gasteiger partial charge in [0, 0.05) is 14.5 Å². The minimum Gasteiger partial charge on any atom is -0.309 e. The summed E-state index contributed by atoms with van der Waals surface area (Å²) in [7, 11) is 1.79. The SMILES string of the molecule is CNC(c1cc(F)cc(Br)c1)c1cc(Cl)ccc1Cl. The third-order valence-corrected chi connectivity index (χ3v) is 3.81. The minimum atomic E-state index is -0.303. The Morgan fingerprint density at radius 1 is 1.16 bits per heavy atom. The Balaban J connectivity index is 2.52.